The quantitative estimate of drug-likeness (QED) is 0.599. The SMILES string of the molecule is CCOC1(C#N)CCOC1C. The van der Waals surface area contributed by atoms with E-state index in [1.165, 1.54) is 0 Å². The molecule has 0 amide bonds. The van der Waals surface area contributed by atoms with Crippen LogP contribution in [0.15, 0.2) is 0 Å². The lowest BCUT2D eigenvalue weighted by Crippen LogP contribution is -2.37. The highest BCUT2D eigenvalue weighted by atomic mass is 16.6. The molecule has 1 heterocycles. The molecule has 0 aromatic rings. The van der Waals surface area contributed by atoms with Gasteiger partial charge in [0, 0.05) is 13.0 Å². The van der Waals surface area contributed by atoms with Crippen LogP contribution in [0.3, 0.4) is 0 Å². The van der Waals surface area contributed by atoms with E-state index in [-0.39, 0.29) is 6.10 Å². The predicted molar refractivity (Wildman–Crippen MR) is 40.0 cm³/mol. The zero-order valence-corrected chi connectivity index (χ0v) is 6.96. The van der Waals surface area contributed by atoms with Crippen molar-refractivity contribution in [3.05, 3.63) is 0 Å². The van der Waals surface area contributed by atoms with Crippen LogP contribution < -0.4 is 0 Å². The van der Waals surface area contributed by atoms with E-state index >= 15 is 0 Å². The Morgan fingerprint density at radius 2 is 2.55 bits per heavy atom. The number of nitriles is 1. The van der Waals surface area contributed by atoms with E-state index in [2.05, 4.69) is 6.07 Å². The van der Waals surface area contributed by atoms with Crippen molar-refractivity contribution in [2.24, 2.45) is 0 Å². The Kier molecular flexibility index (Phi) is 2.48. The van der Waals surface area contributed by atoms with Gasteiger partial charge in [-0.25, -0.2) is 0 Å². The first-order chi connectivity index (χ1) is 5.25. The molecule has 0 aromatic heterocycles. The fourth-order valence-electron chi connectivity index (χ4n) is 1.35. The highest BCUT2D eigenvalue weighted by molar-refractivity contribution is 5.08. The molecule has 3 heteroatoms. The summed E-state index contributed by atoms with van der Waals surface area (Å²) in [4.78, 5) is 0. The Morgan fingerprint density at radius 1 is 1.82 bits per heavy atom. The first-order valence-corrected chi connectivity index (χ1v) is 3.92. The summed E-state index contributed by atoms with van der Waals surface area (Å²) in [5.74, 6) is 0. The van der Waals surface area contributed by atoms with Crippen LogP contribution in [0, 0.1) is 11.3 Å². The van der Waals surface area contributed by atoms with Crippen LogP contribution in [0.1, 0.15) is 20.3 Å². The molecule has 2 unspecified atom stereocenters. The smallest absolute Gasteiger partial charge is 0.181 e. The van der Waals surface area contributed by atoms with Crippen LogP contribution in [0.4, 0.5) is 0 Å². The zero-order valence-electron chi connectivity index (χ0n) is 6.96. The highest BCUT2D eigenvalue weighted by Gasteiger charge is 2.42. The minimum absolute atomic E-state index is 0.0903. The second-order valence-corrected chi connectivity index (χ2v) is 2.70. The summed E-state index contributed by atoms with van der Waals surface area (Å²) in [6.45, 7) is 4.98. The number of rotatable bonds is 2. The summed E-state index contributed by atoms with van der Waals surface area (Å²) < 4.78 is 10.6. The molecule has 0 saturated carbocycles. The monoisotopic (exact) mass is 155 g/mol. The van der Waals surface area contributed by atoms with Gasteiger partial charge in [0.25, 0.3) is 0 Å². The lowest BCUT2D eigenvalue weighted by molar-refractivity contribution is -0.0421. The summed E-state index contributed by atoms with van der Waals surface area (Å²) in [6, 6.07) is 2.18. The van der Waals surface area contributed by atoms with Crippen molar-refractivity contribution in [1.82, 2.24) is 0 Å². The Balaban J connectivity index is 2.67. The van der Waals surface area contributed by atoms with E-state index < -0.39 is 5.60 Å². The number of hydrogen-bond acceptors (Lipinski definition) is 3. The van der Waals surface area contributed by atoms with Gasteiger partial charge in [-0.05, 0) is 13.8 Å². The summed E-state index contributed by atoms with van der Waals surface area (Å²) in [5.41, 5.74) is -0.672. The topological polar surface area (TPSA) is 42.2 Å². The Hall–Kier alpha value is -0.590. The molecule has 62 valence electrons. The van der Waals surface area contributed by atoms with Gasteiger partial charge < -0.3 is 9.47 Å². The molecule has 11 heavy (non-hydrogen) atoms. The van der Waals surface area contributed by atoms with E-state index in [0.29, 0.717) is 19.6 Å². The van der Waals surface area contributed by atoms with E-state index in [0.717, 1.165) is 0 Å². The fraction of sp³-hybridized carbons (Fsp3) is 0.875. The van der Waals surface area contributed by atoms with Crippen LogP contribution in [-0.2, 0) is 9.47 Å². The van der Waals surface area contributed by atoms with Crippen LogP contribution >= 0.6 is 0 Å². The molecule has 0 bridgehead atoms. The minimum atomic E-state index is -0.672. The van der Waals surface area contributed by atoms with Gasteiger partial charge in [-0.3, -0.25) is 0 Å². The van der Waals surface area contributed by atoms with Crippen LogP contribution in [0.2, 0.25) is 0 Å². The predicted octanol–water partition coefficient (Wildman–Crippen LogP) is 1.09. The maximum Gasteiger partial charge on any atom is 0.181 e. The third-order valence-electron chi connectivity index (χ3n) is 2.09. The maximum absolute atomic E-state index is 8.86. The molecule has 0 radical (unpaired) electrons. The van der Waals surface area contributed by atoms with Gasteiger partial charge in [0.05, 0.1) is 12.7 Å². The molecule has 0 aromatic carbocycles. The number of hydrogen-bond donors (Lipinski definition) is 0. The summed E-state index contributed by atoms with van der Waals surface area (Å²) in [5, 5.41) is 8.86. The van der Waals surface area contributed by atoms with Crippen LogP contribution in [0.5, 0.6) is 0 Å². The number of nitrogens with zero attached hydrogens (tertiary/aromatic N) is 1. The van der Waals surface area contributed by atoms with Crippen molar-refractivity contribution >= 4 is 0 Å². The molecule has 1 saturated heterocycles. The van der Waals surface area contributed by atoms with E-state index in [1.54, 1.807) is 0 Å². The Bertz CT molecular complexity index is 175. The van der Waals surface area contributed by atoms with Crippen LogP contribution in [-0.4, -0.2) is 24.9 Å². The second kappa shape index (κ2) is 3.21. The van der Waals surface area contributed by atoms with Gasteiger partial charge in [0.15, 0.2) is 5.60 Å². The molecule has 1 aliphatic rings. The molecular weight excluding hydrogens is 142 g/mol. The normalized spacial score (nSPS) is 37.0. The first-order valence-electron chi connectivity index (χ1n) is 3.92. The lowest BCUT2D eigenvalue weighted by atomic mass is 9.98. The third-order valence-corrected chi connectivity index (χ3v) is 2.09. The zero-order chi connectivity index (χ0) is 8.32. The minimum Gasteiger partial charge on any atom is -0.374 e. The molecule has 1 rings (SSSR count). The molecule has 0 N–H and O–H groups in total. The van der Waals surface area contributed by atoms with Crippen molar-refractivity contribution < 1.29 is 9.47 Å². The first kappa shape index (κ1) is 8.51. The Labute approximate surface area is 66.9 Å². The van der Waals surface area contributed by atoms with E-state index in [9.17, 15) is 0 Å². The average Bonchev–Trinajstić information content (AvgIpc) is 2.35. The standard InChI is InChI=1S/C8H13NO2/c1-3-11-8(6-9)4-5-10-7(8)2/h7H,3-5H2,1-2H3. The van der Waals surface area contributed by atoms with Crippen molar-refractivity contribution in [2.45, 2.75) is 32.0 Å². The molecule has 2 atom stereocenters. The summed E-state index contributed by atoms with van der Waals surface area (Å²) in [6.07, 6.45) is 0.603. The lowest BCUT2D eigenvalue weighted by Gasteiger charge is -2.23. The maximum atomic E-state index is 8.86. The van der Waals surface area contributed by atoms with Crippen molar-refractivity contribution in [2.75, 3.05) is 13.2 Å². The van der Waals surface area contributed by atoms with Gasteiger partial charge in [-0.1, -0.05) is 0 Å². The van der Waals surface area contributed by atoms with Crippen molar-refractivity contribution in [1.29, 1.82) is 5.26 Å². The largest absolute Gasteiger partial charge is 0.374 e. The third kappa shape index (κ3) is 1.37. The van der Waals surface area contributed by atoms with E-state index in [1.807, 2.05) is 13.8 Å². The second-order valence-electron chi connectivity index (χ2n) is 2.70. The molecule has 3 nitrogen and oxygen atoms in total. The average molecular weight is 155 g/mol. The van der Waals surface area contributed by atoms with Crippen LogP contribution in [0.25, 0.3) is 0 Å². The highest BCUT2D eigenvalue weighted by Crippen LogP contribution is 2.28. The molecular formula is C8H13NO2. The molecule has 1 aliphatic heterocycles. The van der Waals surface area contributed by atoms with Crippen molar-refractivity contribution in [3.8, 4) is 6.07 Å². The number of ether oxygens (including phenoxy) is 2. The van der Waals surface area contributed by atoms with Gasteiger partial charge in [-0.15, -0.1) is 0 Å². The summed E-state index contributed by atoms with van der Waals surface area (Å²) in [7, 11) is 0. The molecule has 1 fully saturated rings. The Morgan fingerprint density at radius 3 is 2.91 bits per heavy atom. The summed E-state index contributed by atoms with van der Waals surface area (Å²) >= 11 is 0. The van der Waals surface area contributed by atoms with Gasteiger partial charge in [-0.2, -0.15) is 5.26 Å². The van der Waals surface area contributed by atoms with Crippen molar-refractivity contribution in [3.63, 3.8) is 0 Å². The van der Waals surface area contributed by atoms with Gasteiger partial charge in [0.2, 0.25) is 0 Å². The van der Waals surface area contributed by atoms with Gasteiger partial charge >= 0.3 is 0 Å². The fourth-order valence-corrected chi connectivity index (χ4v) is 1.35. The van der Waals surface area contributed by atoms with Gasteiger partial charge in [0.1, 0.15) is 6.07 Å². The molecule has 0 spiro atoms. The molecule has 0 aliphatic carbocycles. The van der Waals surface area contributed by atoms with E-state index in [4.69, 9.17) is 14.7 Å².